The van der Waals surface area contributed by atoms with E-state index in [4.69, 9.17) is 16.1 Å². The molecule has 0 saturated carbocycles. The van der Waals surface area contributed by atoms with Gasteiger partial charge in [0.25, 0.3) is 5.70 Å². The molecule has 4 aromatic rings. The molecule has 0 unspecified atom stereocenters. The van der Waals surface area contributed by atoms with Crippen molar-refractivity contribution in [3.63, 3.8) is 0 Å². The second kappa shape index (κ2) is 7.19. The highest BCUT2D eigenvalue weighted by atomic mass is 32.1. The van der Waals surface area contributed by atoms with E-state index in [2.05, 4.69) is 14.8 Å². The van der Waals surface area contributed by atoms with Gasteiger partial charge in [-0.05, 0) is 36.4 Å². The van der Waals surface area contributed by atoms with Gasteiger partial charge >= 0.3 is 0 Å². The van der Waals surface area contributed by atoms with Crippen LogP contribution in [-0.4, -0.2) is 35.3 Å². The summed E-state index contributed by atoms with van der Waals surface area (Å²) in [5.74, 6) is 0.300. The molecule has 2 heterocycles. The summed E-state index contributed by atoms with van der Waals surface area (Å²) in [6.45, 7) is 8.16. The molecule has 0 aliphatic heterocycles. The van der Waals surface area contributed by atoms with Gasteiger partial charge in [0.15, 0.2) is 5.58 Å². The van der Waals surface area contributed by atoms with E-state index in [1.807, 2.05) is 54.4 Å². The van der Waals surface area contributed by atoms with Crippen LogP contribution in [0.1, 0.15) is 10.9 Å². The number of benzene rings is 2. The predicted octanol–water partition coefficient (Wildman–Crippen LogP) is 4.28. The predicted molar refractivity (Wildman–Crippen MR) is 108 cm³/mol. The summed E-state index contributed by atoms with van der Waals surface area (Å²) >= 11 is 1.50. The Labute approximate surface area is 159 Å². The molecule has 0 aliphatic rings. The number of aromatic nitrogens is 2. The van der Waals surface area contributed by atoms with E-state index in [0.29, 0.717) is 23.7 Å². The lowest BCUT2D eigenvalue weighted by Crippen LogP contribution is -2.20. The third-order valence-corrected chi connectivity index (χ3v) is 5.12. The van der Waals surface area contributed by atoms with Crippen LogP contribution in [-0.2, 0) is 0 Å². The molecule has 1 N–H and O–H groups in total. The number of nitrogens with zero attached hydrogens (tertiary/aromatic N) is 4. The summed E-state index contributed by atoms with van der Waals surface area (Å²) < 4.78 is 6.72. The van der Waals surface area contributed by atoms with Crippen molar-refractivity contribution < 1.29 is 9.52 Å². The van der Waals surface area contributed by atoms with E-state index in [9.17, 15) is 0 Å². The molecule has 0 bridgehead atoms. The van der Waals surface area contributed by atoms with Crippen LogP contribution in [0.2, 0.25) is 0 Å². The average Bonchev–Trinajstić information content (AvgIpc) is 3.28. The van der Waals surface area contributed by atoms with Crippen molar-refractivity contribution in [1.82, 2.24) is 9.97 Å². The summed E-state index contributed by atoms with van der Waals surface area (Å²) in [6.07, 6.45) is 1.71. The van der Waals surface area contributed by atoms with E-state index < -0.39 is 0 Å². The van der Waals surface area contributed by atoms with Gasteiger partial charge in [-0.15, -0.1) is 11.3 Å². The lowest BCUT2D eigenvalue weighted by Gasteiger charge is -2.17. The number of anilines is 1. The van der Waals surface area contributed by atoms with Gasteiger partial charge in [0, 0.05) is 19.3 Å². The smallest absolute Gasteiger partial charge is 0.250 e. The molecule has 0 atom stereocenters. The van der Waals surface area contributed by atoms with Crippen molar-refractivity contribution in [3.05, 3.63) is 64.8 Å². The van der Waals surface area contributed by atoms with Crippen LogP contribution in [0.15, 0.2) is 46.9 Å². The zero-order chi connectivity index (χ0) is 18.8. The van der Waals surface area contributed by atoms with E-state index in [-0.39, 0.29) is 6.61 Å². The fourth-order valence-corrected chi connectivity index (χ4v) is 3.69. The first-order valence-corrected chi connectivity index (χ1v) is 9.17. The molecule has 2 aromatic carbocycles. The second-order valence-electron chi connectivity index (χ2n) is 5.98. The average molecular weight is 376 g/mol. The first kappa shape index (κ1) is 17.2. The molecule has 0 amide bonds. The van der Waals surface area contributed by atoms with Gasteiger partial charge in [-0.2, -0.15) is 0 Å². The topological polar surface area (TPSA) is 66.8 Å². The zero-order valence-electron chi connectivity index (χ0n) is 14.6. The van der Waals surface area contributed by atoms with E-state index in [0.717, 1.165) is 26.4 Å². The van der Waals surface area contributed by atoms with E-state index in [1.54, 1.807) is 6.08 Å². The normalized spacial score (nSPS) is 11.8. The van der Waals surface area contributed by atoms with Crippen LogP contribution >= 0.6 is 11.3 Å². The Balaban J connectivity index is 1.70. The molecular weight excluding hydrogens is 360 g/mol. The van der Waals surface area contributed by atoms with Crippen LogP contribution in [0.5, 0.6) is 0 Å². The molecule has 0 fully saturated rings. The standard InChI is InChI=1S/C20H16N4O2S/c1-21-16(20-23-14-5-3-4-6-17(14)26-20)12-19-22-15-8-7-13(11-18(15)27-19)24(2)9-10-25/h3-8,11-12,25H,9-10H2,2H3/b16-12-. The number of aliphatic hydroxyl groups excluding tert-OH is 1. The Kier molecular flexibility index (Phi) is 4.59. The molecule has 2 aromatic heterocycles. The number of para-hydroxylation sites is 2. The minimum atomic E-state index is 0.101. The van der Waals surface area contributed by atoms with Gasteiger partial charge in [0.2, 0.25) is 5.89 Å². The highest BCUT2D eigenvalue weighted by Crippen LogP contribution is 2.30. The Hall–Kier alpha value is -3.21. The van der Waals surface area contributed by atoms with Gasteiger partial charge in [-0.1, -0.05) is 12.1 Å². The van der Waals surface area contributed by atoms with Gasteiger partial charge in [-0.25, -0.2) is 14.8 Å². The summed E-state index contributed by atoms with van der Waals surface area (Å²) in [4.78, 5) is 14.5. The highest BCUT2D eigenvalue weighted by Gasteiger charge is 2.13. The summed E-state index contributed by atoms with van der Waals surface area (Å²) in [5, 5.41) is 9.82. The minimum Gasteiger partial charge on any atom is -0.447 e. The SMILES string of the molecule is [C-]#[N+]/C(=C\c1nc2ccc(N(C)CCO)cc2s1)c1nc2ccccc2o1. The lowest BCUT2D eigenvalue weighted by atomic mass is 10.3. The number of fused-ring (bicyclic) bond motifs is 2. The second-order valence-corrected chi connectivity index (χ2v) is 7.04. The molecule has 6 nitrogen and oxygen atoms in total. The van der Waals surface area contributed by atoms with Gasteiger partial charge in [0.05, 0.1) is 23.4 Å². The van der Waals surface area contributed by atoms with Gasteiger partial charge in [-0.3, -0.25) is 0 Å². The fourth-order valence-electron chi connectivity index (χ4n) is 2.75. The monoisotopic (exact) mass is 376 g/mol. The maximum absolute atomic E-state index is 9.10. The maximum Gasteiger partial charge on any atom is 0.250 e. The molecule has 7 heteroatoms. The number of hydrogen-bond acceptors (Lipinski definition) is 6. The fraction of sp³-hybridized carbons (Fsp3) is 0.150. The minimum absolute atomic E-state index is 0.101. The van der Waals surface area contributed by atoms with Crippen LogP contribution in [0.3, 0.4) is 0 Å². The van der Waals surface area contributed by atoms with Crippen LogP contribution in [0.25, 0.3) is 37.9 Å². The van der Waals surface area contributed by atoms with Gasteiger partial charge < -0.3 is 14.4 Å². The van der Waals surface area contributed by atoms with Crippen molar-refractivity contribution >= 4 is 50.1 Å². The molecule has 4 rings (SSSR count). The van der Waals surface area contributed by atoms with E-state index >= 15 is 0 Å². The number of aliphatic hydroxyl groups is 1. The number of thiazole rings is 1. The molecular formula is C20H16N4O2S. The van der Waals surface area contributed by atoms with Crippen LogP contribution < -0.4 is 4.90 Å². The Morgan fingerprint density at radius 3 is 2.89 bits per heavy atom. The lowest BCUT2D eigenvalue weighted by molar-refractivity contribution is 0.304. The van der Waals surface area contributed by atoms with Crippen molar-refractivity contribution in [2.24, 2.45) is 0 Å². The van der Waals surface area contributed by atoms with Crippen molar-refractivity contribution in [2.75, 3.05) is 25.1 Å². The molecule has 134 valence electrons. The highest BCUT2D eigenvalue weighted by molar-refractivity contribution is 7.19. The van der Waals surface area contributed by atoms with E-state index in [1.165, 1.54) is 11.3 Å². The Bertz CT molecular complexity index is 1150. The summed E-state index contributed by atoms with van der Waals surface area (Å²) in [7, 11) is 1.93. The van der Waals surface area contributed by atoms with Crippen LogP contribution in [0, 0.1) is 6.57 Å². The van der Waals surface area contributed by atoms with Crippen molar-refractivity contribution in [1.29, 1.82) is 0 Å². The number of rotatable bonds is 5. The summed E-state index contributed by atoms with van der Waals surface area (Å²) in [6, 6.07) is 13.4. The number of oxazole rings is 1. The zero-order valence-corrected chi connectivity index (χ0v) is 15.4. The number of hydrogen-bond donors (Lipinski definition) is 1. The number of likely N-dealkylation sites (N-methyl/N-ethyl adjacent to an activating group) is 1. The van der Waals surface area contributed by atoms with Gasteiger partial charge in [0.1, 0.15) is 10.5 Å². The van der Waals surface area contributed by atoms with Crippen LogP contribution in [0.4, 0.5) is 5.69 Å². The molecule has 27 heavy (non-hydrogen) atoms. The first-order valence-electron chi connectivity index (χ1n) is 8.35. The quantitative estimate of drug-likeness (QED) is 0.527. The Morgan fingerprint density at radius 2 is 2.11 bits per heavy atom. The molecule has 0 radical (unpaired) electrons. The molecule has 0 aliphatic carbocycles. The third-order valence-electron chi connectivity index (χ3n) is 4.16. The largest absolute Gasteiger partial charge is 0.447 e. The summed E-state index contributed by atoms with van der Waals surface area (Å²) in [5.41, 5.74) is 3.59. The molecule has 0 spiro atoms. The van der Waals surface area contributed by atoms with Crippen molar-refractivity contribution in [2.45, 2.75) is 0 Å². The molecule has 0 saturated heterocycles. The third kappa shape index (κ3) is 3.40. The maximum atomic E-state index is 9.10. The van der Waals surface area contributed by atoms with Crippen molar-refractivity contribution in [3.8, 4) is 0 Å². The first-order chi connectivity index (χ1) is 13.2. The Morgan fingerprint density at radius 1 is 1.26 bits per heavy atom.